The number of hydrogen-bond donors (Lipinski definition) is 2. The van der Waals surface area contributed by atoms with E-state index in [-0.39, 0.29) is 22.7 Å². The average molecular weight is 301 g/mol. The van der Waals surface area contributed by atoms with Crippen molar-refractivity contribution in [2.45, 2.75) is 26.8 Å². The standard InChI is InChI=1S/C13H23N3O3S/c1-8(2)10(11(14)20)12(17)15-9(3)13(18)16-4-6-19-7-5-16/h8-10H,4-7H2,1-3H3,(H2,14,20)(H,15,17). The van der Waals surface area contributed by atoms with Crippen molar-refractivity contribution in [3.05, 3.63) is 0 Å². The summed E-state index contributed by atoms with van der Waals surface area (Å²) in [6.07, 6.45) is 0. The number of nitrogens with one attached hydrogen (secondary N) is 1. The van der Waals surface area contributed by atoms with Crippen LogP contribution in [0.25, 0.3) is 0 Å². The van der Waals surface area contributed by atoms with Crippen LogP contribution < -0.4 is 11.1 Å². The second kappa shape index (κ2) is 7.54. The zero-order valence-electron chi connectivity index (χ0n) is 12.2. The van der Waals surface area contributed by atoms with Gasteiger partial charge in [-0.2, -0.15) is 0 Å². The second-order valence-electron chi connectivity index (χ2n) is 5.29. The van der Waals surface area contributed by atoms with E-state index in [0.29, 0.717) is 26.3 Å². The lowest BCUT2D eigenvalue weighted by Gasteiger charge is -2.30. The number of thiocarbonyl (C=S) groups is 1. The van der Waals surface area contributed by atoms with Crippen LogP contribution in [0.4, 0.5) is 0 Å². The molecule has 7 heteroatoms. The Bertz CT molecular complexity index is 381. The molecule has 0 aromatic heterocycles. The van der Waals surface area contributed by atoms with Gasteiger partial charge in [0.15, 0.2) is 0 Å². The summed E-state index contributed by atoms with van der Waals surface area (Å²) in [6.45, 7) is 7.61. The average Bonchev–Trinajstić information content (AvgIpc) is 2.37. The van der Waals surface area contributed by atoms with E-state index in [1.165, 1.54) is 0 Å². The zero-order valence-corrected chi connectivity index (χ0v) is 13.0. The van der Waals surface area contributed by atoms with E-state index >= 15 is 0 Å². The van der Waals surface area contributed by atoms with Crippen LogP contribution in [0.3, 0.4) is 0 Å². The van der Waals surface area contributed by atoms with Gasteiger partial charge in [0.25, 0.3) is 0 Å². The van der Waals surface area contributed by atoms with E-state index in [0.717, 1.165) is 0 Å². The van der Waals surface area contributed by atoms with E-state index in [4.69, 9.17) is 22.7 Å². The summed E-state index contributed by atoms with van der Waals surface area (Å²) < 4.78 is 5.20. The van der Waals surface area contributed by atoms with E-state index in [1.54, 1.807) is 11.8 Å². The van der Waals surface area contributed by atoms with Crippen LogP contribution in [0.5, 0.6) is 0 Å². The van der Waals surface area contributed by atoms with Crippen molar-refractivity contribution in [1.29, 1.82) is 0 Å². The third kappa shape index (κ3) is 4.42. The Morgan fingerprint density at radius 1 is 1.25 bits per heavy atom. The fourth-order valence-corrected chi connectivity index (χ4v) is 2.56. The molecule has 1 aliphatic rings. The van der Waals surface area contributed by atoms with Crippen LogP contribution in [0.2, 0.25) is 0 Å². The van der Waals surface area contributed by atoms with Crippen molar-refractivity contribution in [2.75, 3.05) is 26.3 Å². The van der Waals surface area contributed by atoms with Crippen LogP contribution >= 0.6 is 12.2 Å². The Labute approximate surface area is 125 Å². The molecule has 1 fully saturated rings. The smallest absolute Gasteiger partial charge is 0.245 e. The molecule has 2 amide bonds. The molecule has 0 aromatic carbocycles. The number of amides is 2. The van der Waals surface area contributed by atoms with Gasteiger partial charge in [-0.05, 0) is 12.8 Å². The first-order valence-electron chi connectivity index (χ1n) is 6.80. The topological polar surface area (TPSA) is 84.7 Å². The molecular weight excluding hydrogens is 278 g/mol. The van der Waals surface area contributed by atoms with Gasteiger partial charge in [-0.15, -0.1) is 0 Å². The molecule has 0 saturated carbocycles. The highest BCUT2D eigenvalue weighted by Gasteiger charge is 2.29. The minimum Gasteiger partial charge on any atom is -0.393 e. The summed E-state index contributed by atoms with van der Waals surface area (Å²) in [7, 11) is 0. The van der Waals surface area contributed by atoms with E-state index < -0.39 is 12.0 Å². The predicted molar refractivity (Wildman–Crippen MR) is 80.1 cm³/mol. The molecule has 20 heavy (non-hydrogen) atoms. The summed E-state index contributed by atoms with van der Waals surface area (Å²) in [6, 6.07) is -0.587. The molecule has 2 unspecified atom stereocenters. The van der Waals surface area contributed by atoms with Gasteiger partial charge in [-0.3, -0.25) is 9.59 Å². The first kappa shape index (κ1) is 16.8. The predicted octanol–water partition coefficient (Wildman–Crippen LogP) is -0.0918. The van der Waals surface area contributed by atoms with Gasteiger partial charge in [-0.1, -0.05) is 26.1 Å². The maximum atomic E-state index is 12.2. The van der Waals surface area contributed by atoms with Gasteiger partial charge in [-0.25, -0.2) is 0 Å². The highest BCUT2D eigenvalue weighted by molar-refractivity contribution is 7.80. The Hall–Kier alpha value is -1.21. The third-order valence-corrected chi connectivity index (χ3v) is 3.56. The Balaban J connectivity index is 2.59. The van der Waals surface area contributed by atoms with Gasteiger partial charge in [0.05, 0.1) is 24.1 Å². The van der Waals surface area contributed by atoms with Crippen molar-refractivity contribution in [2.24, 2.45) is 17.6 Å². The monoisotopic (exact) mass is 301 g/mol. The zero-order chi connectivity index (χ0) is 15.3. The normalized spacial score (nSPS) is 18.5. The third-order valence-electron chi connectivity index (χ3n) is 3.31. The molecule has 0 aliphatic carbocycles. The molecule has 1 heterocycles. The van der Waals surface area contributed by atoms with Crippen LogP contribution in [-0.4, -0.2) is 54.0 Å². The lowest BCUT2D eigenvalue weighted by Crippen LogP contribution is -2.53. The number of carbonyl (C=O) groups excluding carboxylic acids is 2. The van der Waals surface area contributed by atoms with Gasteiger partial charge in [0.2, 0.25) is 11.8 Å². The highest BCUT2D eigenvalue weighted by atomic mass is 32.1. The van der Waals surface area contributed by atoms with Crippen molar-refractivity contribution in [3.8, 4) is 0 Å². The number of nitrogens with zero attached hydrogens (tertiary/aromatic N) is 1. The van der Waals surface area contributed by atoms with E-state index in [9.17, 15) is 9.59 Å². The molecule has 0 aromatic rings. The van der Waals surface area contributed by atoms with Gasteiger partial charge >= 0.3 is 0 Å². The SMILES string of the molecule is CC(NC(=O)C(C(N)=S)C(C)C)C(=O)N1CCOCC1. The molecule has 0 spiro atoms. The molecule has 114 valence electrons. The van der Waals surface area contributed by atoms with E-state index in [2.05, 4.69) is 5.32 Å². The molecule has 1 rings (SSSR count). The summed E-state index contributed by atoms with van der Waals surface area (Å²) in [5.41, 5.74) is 5.59. The number of rotatable bonds is 5. The number of ether oxygens (including phenoxy) is 1. The van der Waals surface area contributed by atoms with Crippen LogP contribution in [-0.2, 0) is 14.3 Å². The number of hydrogen-bond acceptors (Lipinski definition) is 4. The summed E-state index contributed by atoms with van der Waals surface area (Å²) >= 11 is 4.92. The number of nitrogens with two attached hydrogens (primary N) is 1. The number of carbonyl (C=O) groups is 2. The van der Waals surface area contributed by atoms with Crippen molar-refractivity contribution < 1.29 is 14.3 Å². The summed E-state index contributed by atoms with van der Waals surface area (Å²) in [4.78, 5) is 26.2. The minimum atomic E-state index is -0.587. The highest BCUT2D eigenvalue weighted by Crippen LogP contribution is 2.12. The maximum Gasteiger partial charge on any atom is 0.245 e. The largest absolute Gasteiger partial charge is 0.393 e. The second-order valence-corrected chi connectivity index (χ2v) is 5.76. The summed E-state index contributed by atoms with van der Waals surface area (Å²) in [5, 5.41) is 2.70. The van der Waals surface area contributed by atoms with Crippen molar-refractivity contribution in [1.82, 2.24) is 10.2 Å². The Morgan fingerprint density at radius 3 is 2.25 bits per heavy atom. The van der Waals surface area contributed by atoms with Crippen molar-refractivity contribution in [3.63, 3.8) is 0 Å². The van der Waals surface area contributed by atoms with Crippen LogP contribution in [0.15, 0.2) is 0 Å². The molecule has 3 N–H and O–H groups in total. The van der Waals surface area contributed by atoms with Gasteiger partial charge < -0.3 is 20.7 Å². The summed E-state index contributed by atoms with van der Waals surface area (Å²) in [5.74, 6) is -0.947. The van der Waals surface area contributed by atoms with Gasteiger partial charge in [0.1, 0.15) is 6.04 Å². The van der Waals surface area contributed by atoms with Crippen molar-refractivity contribution >= 4 is 29.0 Å². The molecule has 1 saturated heterocycles. The Kier molecular flexibility index (Phi) is 6.35. The first-order valence-corrected chi connectivity index (χ1v) is 7.21. The lowest BCUT2D eigenvalue weighted by atomic mass is 9.94. The molecule has 0 bridgehead atoms. The van der Waals surface area contributed by atoms with Crippen LogP contribution in [0.1, 0.15) is 20.8 Å². The van der Waals surface area contributed by atoms with Crippen LogP contribution in [0, 0.1) is 11.8 Å². The molecular formula is C13H23N3O3S. The van der Waals surface area contributed by atoms with Gasteiger partial charge in [0, 0.05) is 13.1 Å². The molecule has 2 atom stereocenters. The lowest BCUT2D eigenvalue weighted by molar-refractivity contribution is -0.139. The minimum absolute atomic E-state index is 0.00168. The molecule has 6 nitrogen and oxygen atoms in total. The Morgan fingerprint density at radius 2 is 1.80 bits per heavy atom. The van der Waals surface area contributed by atoms with E-state index in [1.807, 2.05) is 13.8 Å². The fourth-order valence-electron chi connectivity index (χ4n) is 2.18. The molecule has 0 radical (unpaired) electrons. The number of morpholine rings is 1. The fraction of sp³-hybridized carbons (Fsp3) is 0.769. The quantitative estimate of drug-likeness (QED) is 0.693. The maximum absolute atomic E-state index is 12.2. The molecule has 1 aliphatic heterocycles. The first-order chi connectivity index (χ1) is 9.34.